The third kappa shape index (κ3) is 4.51. The molecule has 0 atom stereocenters. The van der Waals surface area contributed by atoms with Gasteiger partial charge in [0.1, 0.15) is 11.4 Å². The molecule has 0 aromatic heterocycles. The van der Waals surface area contributed by atoms with Crippen molar-refractivity contribution in [1.29, 1.82) is 0 Å². The van der Waals surface area contributed by atoms with Crippen LogP contribution in [-0.2, 0) is 10.8 Å². The number of hydrogen-bond donors (Lipinski definition) is 1. The Morgan fingerprint density at radius 3 is 2.19 bits per heavy atom. The Bertz CT molecular complexity index is 881. The Hall–Kier alpha value is -2.76. The molecule has 0 bridgehead atoms. The van der Waals surface area contributed by atoms with E-state index < -0.39 is 4.92 Å². The minimum absolute atomic E-state index is 0.0668. The van der Waals surface area contributed by atoms with Crippen LogP contribution in [0.4, 0.5) is 17.1 Å². The lowest BCUT2D eigenvalue weighted by atomic mass is 9.77. The zero-order chi connectivity index (χ0) is 20.4. The lowest BCUT2D eigenvalue weighted by Gasteiger charge is -2.28. The molecule has 2 aromatic carbocycles. The fourth-order valence-electron chi connectivity index (χ4n) is 2.65. The molecule has 27 heavy (non-hydrogen) atoms. The highest BCUT2D eigenvalue weighted by molar-refractivity contribution is 5.61. The molecule has 6 nitrogen and oxygen atoms in total. The number of nitro groups is 1. The van der Waals surface area contributed by atoms with E-state index >= 15 is 0 Å². The lowest BCUT2D eigenvalue weighted by Crippen LogP contribution is -2.18. The number of azo groups is 1. The van der Waals surface area contributed by atoms with Gasteiger partial charge in [-0.25, -0.2) is 0 Å². The van der Waals surface area contributed by atoms with Gasteiger partial charge in [-0.05, 0) is 34.9 Å². The molecule has 2 aromatic rings. The summed E-state index contributed by atoms with van der Waals surface area (Å²) in [5, 5.41) is 30.2. The van der Waals surface area contributed by atoms with E-state index in [9.17, 15) is 15.2 Å². The van der Waals surface area contributed by atoms with E-state index in [-0.39, 0.29) is 28.0 Å². The summed E-state index contributed by atoms with van der Waals surface area (Å²) in [6.45, 7) is 12.5. The highest BCUT2D eigenvalue weighted by Gasteiger charge is 2.27. The third-order valence-electron chi connectivity index (χ3n) is 4.91. The Morgan fingerprint density at radius 1 is 1.04 bits per heavy atom. The quantitative estimate of drug-likeness (QED) is 0.361. The van der Waals surface area contributed by atoms with E-state index in [0.29, 0.717) is 5.69 Å². The van der Waals surface area contributed by atoms with Gasteiger partial charge in [0.15, 0.2) is 5.69 Å². The molecule has 0 fully saturated rings. The maximum atomic E-state index is 11.2. The normalized spacial score (nSPS) is 12.5. The Morgan fingerprint density at radius 2 is 1.63 bits per heavy atom. The first-order valence-corrected chi connectivity index (χ1v) is 9.00. The van der Waals surface area contributed by atoms with Crippen LogP contribution in [0.3, 0.4) is 0 Å². The highest BCUT2D eigenvalue weighted by atomic mass is 16.6. The SMILES string of the molecule is CCC(C)(C)c1cc(C(C)(C)C)cc(N=Nc2ccccc2[N+](=O)[O-])c1O. The summed E-state index contributed by atoms with van der Waals surface area (Å²) in [5.74, 6) is 0.0668. The predicted molar refractivity (Wildman–Crippen MR) is 107 cm³/mol. The second-order valence-corrected chi connectivity index (χ2v) is 8.32. The van der Waals surface area contributed by atoms with Crippen molar-refractivity contribution in [3.05, 3.63) is 57.6 Å². The Balaban J connectivity index is 2.63. The largest absolute Gasteiger partial charge is 0.505 e. The average Bonchev–Trinajstić information content (AvgIpc) is 2.59. The number of nitro benzene ring substituents is 1. The van der Waals surface area contributed by atoms with Gasteiger partial charge in [0.05, 0.1) is 4.92 Å². The number of hydrogen-bond acceptors (Lipinski definition) is 5. The molecule has 0 unspecified atom stereocenters. The van der Waals surface area contributed by atoms with Crippen LogP contribution in [-0.4, -0.2) is 10.0 Å². The number of aromatic hydroxyl groups is 1. The van der Waals surface area contributed by atoms with Gasteiger partial charge in [0, 0.05) is 11.6 Å². The van der Waals surface area contributed by atoms with Crippen LogP contribution in [0, 0.1) is 10.1 Å². The van der Waals surface area contributed by atoms with Crippen molar-refractivity contribution in [3.8, 4) is 5.75 Å². The molecular weight excluding hydrogens is 342 g/mol. The number of rotatable bonds is 5. The van der Waals surface area contributed by atoms with Crippen LogP contribution in [0.2, 0.25) is 0 Å². The van der Waals surface area contributed by atoms with Gasteiger partial charge in [-0.3, -0.25) is 10.1 Å². The summed E-state index contributed by atoms with van der Waals surface area (Å²) in [6, 6.07) is 9.97. The predicted octanol–water partition coefficient (Wildman–Crippen LogP) is 6.70. The van der Waals surface area contributed by atoms with E-state index in [1.807, 2.05) is 6.07 Å². The number of phenolic OH excluding ortho intramolecular Hbond substituents is 1. The summed E-state index contributed by atoms with van der Waals surface area (Å²) >= 11 is 0. The van der Waals surface area contributed by atoms with Crippen LogP contribution < -0.4 is 0 Å². The van der Waals surface area contributed by atoms with Crippen LogP contribution in [0.25, 0.3) is 0 Å². The highest BCUT2D eigenvalue weighted by Crippen LogP contribution is 2.43. The van der Waals surface area contributed by atoms with E-state index in [1.165, 1.54) is 12.1 Å². The third-order valence-corrected chi connectivity index (χ3v) is 4.91. The molecule has 0 spiro atoms. The Labute approximate surface area is 160 Å². The second-order valence-electron chi connectivity index (χ2n) is 8.32. The van der Waals surface area contributed by atoms with Gasteiger partial charge >= 0.3 is 0 Å². The molecule has 0 heterocycles. The first kappa shape index (κ1) is 20.6. The summed E-state index contributed by atoms with van der Waals surface area (Å²) in [5.41, 5.74) is 1.78. The smallest absolute Gasteiger partial charge is 0.296 e. The lowest BCUT2D eigenvalue weighted by molar-refractivity contribution is -0.384. The van der Waals surface area contributed by atoms with Crippen molar-refractivity contribution >= 4 is 17.1 Å². The number of para-hydroxylation sites is 1. The average molecular weight is 369 g/mol. The molecule has 0 saturated heterocycles. The van der Waals surface area contributed by atoms with Gasteiger partial charge in [0.25, 0.3) is 5.69 Å². The van der Waals surface area contributed by atoms with Gasteiger partial charge < -0.3 is 5.11 Å². The maximum Gasteiger partial charge on any atom is 0.296 e. The molecule has 144 valence electrons. The van der Waals surface area contributed by atoms with Crippen LogP contribution in [0.15, 0.2) is 46.6 Å². The van der Waals surface area contributed by atoms with E-state index in [2.05, 4.69) is 51.8 Å². The number of benzene rings is 2. The topological polar surface area (TPSA) is 88.1 Å². The first-order valence-electron chi connectivity index (χ1n) is 9.00. The first-order chi connectivity index (χ1) is 12.5. The monoisotopic (exact) mass is 369 g/mol. The van der Waals surface area contributed by atoms with Gasteiger partial charge in [0.2, 0.25) is 0 Å². The van der Waals surface area contributed by atoms with Crippen LogP contribution in [0.5, 0.6) is 5.75 Å². The van der Waals surface area contributed by atoms with Crippen molar-refractivity contribution < 1.29 is 10.0 Å². The number of nitrogens with zero attached hydrogens (tertiary/aromatic N) is 3. The molecule has 6 heteroatoms. The van der Waals surface area contributed by atoms with E-state index in [0.717, 1.165) is 17.5 Å². The summed E-state index contributed by atoms with van der Waals surface area (Å²) in [6.07, 6.45) is 0.842. The molecule has 0 saturated carbocycles. The minimum atomic E-state index is -0.495. The molecule has 0 aliphatic carbocycles. The maximum absolute atomic E-state index is 11.2. The standard InChI is InChI=1S/C21H27N3O3/c1-7-21(5,6)15-12-14(20(2,3)4)13-17(19(15)25)23-22-16-10-8-9-11-18(16)24(26)27/h8-13,25H,7H2,1-6H3. The van der Waals surface area contributed by atoms with Gasteiger partial charge in [-0.2, -0.15) is 0 Å². The molecule has 2 rings (SSSR count). The molecule has 0 aliphatic heterocycles. The molecule has 0 aliphatic rings. The van der Waals surface area contributed by atoms with Crippen molar-refractivity contribution in [3.63, 3.8) is 0 Å². The van der Waals surface area contributed by atoms with Crippen molar-refractivity contribution in [2.45, 2.75) is 58.8 Å². The molecule has 0 amide bonds. The summed E-state index contributed by atoms with van der Waals surface area (Å²) in [7, 11) is 0. The van der Waals surface area contributed by atoms with Crippen LogP contribution >= 0.6 is 0 Å². The van der Waals surface area contributed by atoms with Crippen LogP contribution in [0.1, 0.15) is 59.1 Å². The fraction of sp³-hybridized carbons (Fsp3) is 0.429. The molecule has 1 N–H and O–H groups in total. The number of phenols is 1. The van der Waals surface area contributed by atoms with Crippen molar-refractivity contribution in [2.24, 2.45) is 10.2 Å². The van der Waals surface area contributed by atoms with E-state index in [4.69, 9.17) is 0 Å². The van der Waals surface area contributed by atoms with E-state index in [1.54, 1.807) is 18.2 Å². The van der Waals surface area contributed by atoms with Gasteiger partial charge in [-0.1, -0.05) is 59.7 Å². The summed E-state index contributed by atoms with van der Waals surface area (Å²) in [4.78, 5) is 10.7. The zero-order valence-corrected chi connectivity index (χ0v) is 16.8. The Kier molecular flexibility index (Phi) is 5.68. The molecular formula is C21H27N3O3. The fourth-order valence-corrected chi connectivity index (χ4v) is 2.65. The minimum Gasteiger partial charge on any atom is -0.505 e. The molecule has 0 radical (unpaired) electrons. The summed E-state index contributed by atoms with van der Waals surface area (Å²) < 4.78 is 0. The second kappa shape index (κ2) is 7.47. The van der Waals surface area contributed by atoms with Gasteiger partial charge in [-0.15, -0.1) is 10.2 Å². The zero-order valence-electron chi connectivity index (χ0n) is 16.8. The van der Waals surface area contributed by atoms with Crippen molar-refractivity contribution in [2.75, 3.05) is 0 Å². The van der Waals surface area contributed by atoms with Crippen molar-refractivity contribution in [1.82, 2.24) is 0 Å².